The van der Waals surface area contributed by atoms with Crippen molar-refractivity contribution in [3.63, 3.8) is 0 Å². The summed E-state index contributed by atoms with van der Waals surface area (Å²) in [5.41, 5.74) is -1.06. The normalized spacial score (nSPS) is 25.4. The Morgan fingerprint density at radius 2 is 1.94 bits per heavy atom. The van der Waals surface area contributed by atoms with E-state index in [1.54, 1.807) is 29.1 Å². The van der Waals surface area contributed by atoms with Gasteiger partial charge >= 0.3 is 6.18 Å². The minimum absolute atomic E-state index is 0.00482. The molecule has 1 aromatic carbocycles. The number of pyridine rings is 1. The van der Waals surface area contributed by atoms with Crippen molar-refractivity contribution in [1.29, 1.82) is 5.26 Å². The van der Waals surface area contributed by atoms with E-state index >= 15 is 0 Å². The number of rotatable bonds is 4. The lowest BCUT2D eigenvalue weighted by Crippen LogP contribution is -2.56. The summed E-state index contributed by atoms with van der Waals surface area (Å²) in [7, 11) is 0. The maximum atomic E-state index is 14.0. The first-order valence-corrected chi connectivity index (χ1v) is 11.5. The molecule has 3 N–H and O–H groups in total. The second kappa shape index (κ2) is 8.47. The number of nitrogens with one attached hydrogen (secondary N) is 3. The summed E-state index contributed by atoms with van der Waals surface area (Å²) in [4.78, 5) is 15.3. The largest absolute Gasteiger partial charge is 0.410 e. The molecule has 5 rings (SSSR count). The van der Waals surface area contributed by atoms with Crippen LogP contribution in [-0.4, -0.2) is 27.5 Å². The number of nitriles is 1. The number of anilines is 2. The Morgan fingerprint density at radius 1 is 1.15 bits per heavy atom. The minimum Gasteiger partial charge on any atom is -0.338 e. The van der Waals surface area contributed by atoms with Crippen molar-refractivity contribution >= 4 is 22.4 Å². The highest BCUT2D eigenvalue weighted by atomic mass is 19.4. The number of benzene rings is 1. The van der Waals surface area contributed by atoms with E-state index in [4.69, 9.17) is 0 Å². The highest BCUT2D eigenvalue weighted by Crippen LogP contribution is 2.45. The summed E-state index contributed by atoms with van der Waals surface area (Å²) < 4.78 is 43.8. The van der Waals surface area contributed by atoms with Gasteiger partial charge in [-0.1, -0.05) is 12.1 Å². The molecule has 1 saturated carbocycles. The van der Waals surface area contributed by atoms with Crippen LogP contribution in [0, 0.1) is 17.2 Å². The van der Waals surface area contributed by atoms with E-state index in [0.29, 0.717) is 35.4 Å². The molecule has 2 aromatic heterocycles. The molecule has 10 heteroatoms. The van der Waals surface area contributed by atoms with E-state index in [1.807, 2.05) is 0 Å². The Labute approximate surface area is 194 Å². The topological polar surface area (TPSA) is 98.5 Å². The van der Waals surface area contributed by atoms with Crippen molar-refractivity contribution in [2.45, 2.75) is 56.3 Å². The average Bonchev–Trinajstić information content (AvgIpc) is 3.44. The zero-order valence-electron chi connectivity index (χ0n) is 18.5. The van der Waals surface area contributed by atoms with E-state index in [-0.39, 0.29) is 29.5 Å². The number of aromatic amines is 1. The van der Waals surface area contributed by atoms with E-state index in [0.717, 1.165) is 25.7 Å². The number of hydrogen-bond donors (Lipinski definition) is 3. The van der Waals surface area contributed by atoms with Gasteiger partial charge in [-0.15, -0.1) is 0 Å². The fraction of sp³-hybridized carbons (Fsp3) is 0.458. The van der Waals surface area contributed by atoms with Gasteiger partial charge in [0, 0.05) is 11.9 Å². The maximum Gasteiger partial charge on any atom is 0.410 e. The lowest BCUT2D eigenvalue weighted by molar-refractivity contribution is -0.207. The van der Waals surface area contributed by atoms with Crippen LogP contribution in [0.2, 0.25) is 0 Å². The van der Waals surface area contributed by atoms with Crippen LogP contribution < -0.4 is 16.2 Å². The zero-order chi connectivity index (χ0) is 23.9. The zero-order valence-corrected chi connectivity index (χ0v) is 18.5. The van der Waals surface area contributed by atoms with E-state index in [9.17, 15) is 23.2 Å². The number of H-pyrrole nitrogens is 1. The summed E-state index contributed by atoms with van der Waals surface area (Å²) >= 11 is 0. The number of hydrogen-bond acceptors (Lipinski definition) is 5. The average molecular weight is 470 g/mol. The van der Waals surface area contributed by atoms with Crippen molar-refractivity contribution in [3.8, 4) is 6.07 Å². The van der Waals surface area contributed by atoms with Gasteiger partial charge in [0.1, 0.15) is 10.9 Å². The molecule has 178 valence electrons. The minimum atomic E-state index is -4.41. The molecule has 3 atom stereocenters. The number of aromatic nitrogens is 3. The van der Waals surface area contributed by atoms with Crippen LogP contribution in [0.25, 0.3) is 10.9 Å². The molecule has 7 nitrogen and oxygen atoms in total. The number of piperidine rings is 1. The van der Waals surface area contributed by atoms with Crippen molar-refractivity contribution in [2.75, 3.05) is 11.9 Å². The smallest absolute Gasteiger partial charge is 0.338 e. The summed E-state index contributed by atoms with van der Waals surface area (Å²) in [6.45, 7) is 0.316. The standard InChI is InChI=1S/C24H25F3N6O/c25-24(26,27)23(11-1-2-12-30-23)16-6-8-17(9-7-16)31-21-20-19(10-13-29-22(20)34)33(32-21)18-5-3-4-15(18)14-28/h6-10,13,15,18,30H,1-5,11-12H2,(H,29,34)(H,31,32). The quantitative estimate of drug-likeness (QED) is 0.506. The van der Waals surface area contributed by atoms with Crippen LogP contribution in [0.3, 0.4) is 0 Å². The predicted molar refractivity (Wildman–Crippen MR) is 122 cm³/mol. The molecule has 2 aliphatic rings. The summed E-state index contributed by atoms with van der Waals surface area (Å²) in [5.74, 6) is 0.130. The van der Waals surface area contributed by atoms with Crippen molar-refractivity contribution < 1.29 is 13.2 Å². The number of halogens is 3. The molecule has 0 bridgehead atoms. The number of fused-ring (bicyclic) bond motifs is 1. The Hall–Kier alpha value is -3.32. The highest BCUT2D eigenvalue weighted by molar-refractivity contribution is 5.91. The van der Waals surface area contributed by atoms with Crippen molar-refractivity contribution in [2.24, 2.45) is 5.92 Å². The van der Waals surface area contributed by atoms with Crippen LogP contribution in [0.5, 0.6) is 0 Å². The third-order valence-electron chi connectivity index (χ3n) is 7.12. The van der Waals surface area contributed by atoms with Gasteiger partial charge in [-0.25, -0.2) is 0 Å². The fourth-order valence-electron chi connectivity index (χ4n) is 5.36. The number of alkyl halides is 3. The van der Waals surface area contributed by atoms with Gasteiger partial charge in [-0.3, -0.25) is 14.8 Å². The van der Waals surface area contributed by atoms with Gasteiger partial charge in [0.2, 0.25) is 0 Å². The van der Waals surface area contributed by atoms with E-state index < -0.39 is 11.7 Å². The van der Waals surface area contributed by atoms with Crippen molar-refractivity contribution in [3.05, 3.63) is 52.4 Å². The van der Waals surface area contributed by atoms with Crippen LogP contribution in [0.15, 0.2) is 41.3 Å². The highest BCUT2D eigenvalue weighted by Gasteiger charge is 2.56. The summed E-state index contributed by atoms with van der Waals surface area (Å²) in [6.07, 6.45) is 0.836. The van der Waals surface area contributed by atoms with Gasteiger partial charge in [-0.2, -0.15) is 23.5 Å². The predicted octanol–water partition coefficient (Wildman–Crippen LogP) is 4.86. The van der Waals surface area contributed by atoms with Crippen LogP contribution in [0.4, 0.5) is 24.7 Å². The lowest BCUT2D eigenvalue weighted by Gasteiger charge is -2.40. The SMILES string of the molecule is N#CC1CCCC1n1nc(Nc2ccc(C3(C(F)(F)F)CCCCN3)cc2)c2c(=O)[nH]ccc21. The van der Waals surface area contributed by atoms with Gasteiger partial charge in [-0.05, 0) is 68.8 Å². The second-order valence-corrected chi connectivity index (χ2v) is 9.08. The molecule has 0 amide bonds. The molecule has 34 heavy (non-hydrogen) atoms. The third-order valence-corrected chi connectivity index (χ3v) is 7.12. The monoisotopic (exact) mass is 470 g/mol. The lowest BCUT2D eigenvalue weighted by atomic mass is 9.81. The van der Waals surface area contributed by atoms with Crippen LogP contribution >= 0.6 is 0 Å². The third kappa shape index (κ3) is 3.64. The molecule has 3 aromatic rings. The Balaban J connectivity index is 1.50. The molecule has 3 heterocycles. The Bertz CT molecular complexity index is 1280. The van der Waals surface area contributed by atoms with Crippen LogP contribution in [-0.2, 0) is 5.54 Å². The first-order chi connectivity index (χ1) is 16.3. The molecule has 0 radical (unpaired) electrons. The van der Waals surface area contributed by atoms with Gasteiger partial charge < -0.3 is 10.3 Å². The molecule has 3 unspecified atom stereocenters. The van der Waals surface area contributed by atoms with Crippen molar-refractivity contribution in [1.82, 2.24) is 20.1 Å². The van der Waals surface area contributed by atoms with E-state index in [2.05, 4.69) is 26.8 Å². The fourth-order valence-corrected chi connectivity index (χ4v) is 5.36. The van der Waals surface area contributed by atoms with E-state index in [1.165, 1.54) is 12.1 Å². The summed E-state index contributed by atoms with van der Waals surface area (Å²) in [6, 6.07) is 10.1. The molecule has 2 fully saturated rings. The maximum absolute atomic E-state index is 14.0. The molecule has 1 aliphatic heterocycles. The molecule has 1 aliphatic carbocycles. The number of nitrogens with zero attached hydrogens (tertiary/aromatic N) is 3. The van der Waals surface area contributed by atoms with Gasteiger partial charge in [0.05, 0.1) is 23.5 Å². The van der Waals surface area contributed by atoms with Gasteiger partial charge in [0.15, 0.2) is 5.82 Å². The van der Waals surface area contributed by atoms with Crippen LogP contribution in [0.1, 0.15) is 50.1 Å². The summed E-state index contributed by atoms with van der Waals surface area (Å²) in [5, 5.41) is 20.3. The molecule has 1 saturated heterocycles. The molecule has 0 spiro atoms. The molecular formula is C24H25F3N6O. The first kappa shape index (κ1) is 22.5. The van der Waals surface area contributed by atoms with Gasteiger partial charge in [0.25, 0.3) is 5.56 Å². The first-order valence-electron chi connectivity index (χ1n) is 11.5. The second-order valence-electron chi connectivity index (χ2n) is 9.08. The Morgan fingerprint density at radius 3 is 2.62 bits per heavy atom. The Kier molecular flexibility index (Phi) is 5.60. The molecular weight excluding hydrogens is 445 g/mol.